The van der Waals surface area contributed by atoms with Gasteiger partial charge in [0.1, 0.15) is 17.3 Å². The molecule has 1 amide bonds. The maximum absolute atomic E-state index is 13.1. The van der Waals surface area contributed by atoms with E-state index in [2.05, 4.69) is 15.9 Å². The molecule has 0 aliphatic rings. The van der Waals surface area contributed by atoms with Gasteiger partial charge in [-0.15, -0.1) is 0 Å². The fourth-order valence-corrected chi connectivity index (χ4v) is 1.82. The molecule has 0 saturated heterocycles. The Bertz CT molecular complexity index is 647. The largest absolute Gasteiger partial charge is 0.455 e. The van der Waals surface area contributed by atoms with Crippen LogP contribution in [0.4, 0.5) is 10.1 Å². The standard InChI is InChI=1S/C13H10BrFN2O2/c14-9-6-8(2-3-10(9)15)19-12-4-1-7(13(17)18)5-11(12)16/h1-6H,16H2,(H2,17,18). The third-order valence-corrected chi connectivity index (χ3v) is 3.02. The predicted molar refractivity (Wildman–Crippen MR) is 73.5 cm³/mol. The van der Waals surface area contributed by atoms with E-state index in [-0.39, 0.29) is 16.0 Å². The number of amides is 1. The lowest BCUT2D eigenvalue weighted by Gasteiger charge is -2.09. The Labute approximate surface area is 117 Å². The van der Waals surface area contributed by atoms with Crippen LogP contribution in [-0.2, 0) is 0 Å². The Morgan fingerprint density at radius 1 is 1.21 bits per heavy atom. The fraction of sp³-hybridized carbons (Fsp3) is 0. The summed E-state index contributed by atoms with van der Waals surface area (Å²) < 4.78 is 18.9. The van der Waals surface area contributed by atoms with Crippen molar-refractivity contribution in [2.24, 2.45) is 5.73 Å². The maximum atomic E-state index is 13.1. The van der Waals surface area contributed by atoms with Gasteiger partial charge in [-0.2, -0.15) is 0 Å². The molecular formula is C13H10BrFN2O2. The van der Waals surface area contributed by atoms with Crippen molar-refractivity contribution in [3.05, 3.63) is 52.3 Å². The molecule has 0 aromatic heterocycles. The number of halogens is 2. The van der Waals surface area contributed by atoms with Crippen LogP contribution in [0, 0.1) is 5.82 Å². The van der Waals surface area contributed by atoms with Crippen LogP contribution in [0.3, 0.4) is 0 Å². The van der Waals surface area contributed by atoms with E-state index >= 15 is 0 Å². The maximum Gasteiger partial charge on any atom is 0.248 e. The van der Waals surface area contributed by atoms with E-state index in [1.54, 1.807) is 0 Å². The molecular weight excluding hydrogens is 315 g/mol. The summed E-state index contributed by atoms with van der Waals surface area (Å²) in [6.45, 7) is 0. The predicted octanol–water partition coefficient (Wildman–Crippen LogP) is 3.06. The monoisotopic (exact) mass is 324 g/mol. The molecule has 0 bridgehead atoms. The lowest BCUT2D eigenvalue weighted by atomic mass is 10.2. The number of rotatable bonds is 3. The summed E-state index contributed by atoms with van der Waals surface area (Å²) in [4.78, 5) is 11.0. The average Bonchev–Trinajstić information content (AvgIpc) is 2.36. The van der Waals surface area contributed by atoms with E-state index in [9.17, 15) is 9.18 Å². The second kappa shape index (κ2) is 5.27. The molecule has 6 heteroatoms. The van der Waals surface area contributed by atoms with Crippen molar-refractivity contribution in [1.82, 2.24) is 0 Å². The first-order valence-electron chi connectivity index (χ1n) is 5.29. The van der Waals surface area contributed by atoms with E-state index in [0.29, 0.717) is 17.1 Å². The van der Waals surface area contributed by atoms with E-state index < -0.39 is 5.91 Å². The van der Waals surface area contributed by atoms with Gasteiger partial charge in [-0.25, -0.2) is 4.39 Å². The highest BCUT2D eigenvalue weighted by molar-refractivity contribution is 9.10. The minimum atomic E-state index is -0.567. The Morgan fingerprint density at radius 2 is 1.95 bits per heavy atom. The van der Waals surface area contributed by atoms with Crippen molar-refractivity contribution in [3.8, 4) is 11.5 Å². The van der Waals surface area contributed by atoms with Gasteiger partial charge in [-0.1, -0.05) is 0 Å². The van der Waals surface area contributed by atoms with E-state index in [0.717, 1.165) is 0 Å². The van der Waals surface area contributed by atoms with Gasteiger partial charge in [0.25, 0.3) is 0 Å². The van der Waals surface area contributed by atoms with Gasteiger partial charge >= 0.3 is 0 Å². The Morgan fingerprint density at radius 3 is 2.53 bits per heavy atom. The van der Waals surface area contributed by atoms with Crippen molar-refractivity contribution in [3.63, 3.8) is 0 Å². The number of benzene rings is 2. The van der Waals surface area contributed by atoms with Crippen LogP contribution in [-0.4, -0.2) is 5.91 Å². The van der Waals surface area contributed by atoms with Gasteiger partial charge in [-0.05, 0) is 52.3 Å². The third-order valence-electron chi connectivity index (χ3n) is 2.41. The lowest BCUT2D eigenvalue weighted by molar-refractivity contribution is 0.100. The SMILES string of the molecule is NC(=O)c1ccc(Oc2ccc(F)c(Br)c2)c(N)c1. The molecule has 2 aromatic carbocycles. The smallest absolute Gasteiger partial charge is 0.248 e. The van der Waals surface area contributed by atoms with Crippen molar-refractivity contribution in [2.75, 3.05) is 5.73 Å². The number of primary amides is 1. The van der Waals surface area contributed by atoms with Crippen molar-refractivity contribution >= 4 is 27.5 Å². The highest BCUT2D eigenvalue weighted by Gasteiger charge is 2.08. The van der Waals surface area contributed by atoms with Crippen molar-refractivity contribution in [1.29, 1.82) is 0 Å². The van der Waals surface area contributed by atoms with E-state index in [1.165, 1.54) is 36.4 Å². The molecule has 0 saturated carbocycles. The molecule has 0 aliphatic heterocycles. The molecule has 0 fully saturated rings. The number of anilines is 1. The lowest BCUT2D eigenvalue weighted by Crippen LogP contribution is -2.11. The Balaban J connectivity index is 2.28. The molecule has 19 heavy (non-hydrogen) atoms. The molecule has 2 aromatic rings. The number of carbonyl (C=O) groups excluding carboxylic acids is 1. The van der Waals surface area contributed by atoms with Crippen molar-refractivity contribution < 1.29 is 13.9 Å². The minimum absolute atomic E-state index is 0.275. The highest BCUT2D eigenvalue weighted by Crippen LogP contribution is 2.30. The first-order valence-corrected chi connectivity index (χ1v) is 6.09. The first-order chi connectivity index (χ1) is 8.97. The molecule has 0 unspecified atom stereocenters. The summed E-state index contributed by atoms with van der Waals surface area (Å²) in [5.74, 6) is -0.164. The van der Waals surface area contributed by atoms with Gasteiger partial charge in [0, 0.05) is 5.56 Å². The number of ether oxygens (including phenoxy) is 1. The fourth-order valence-electron chi connectivity index (χ4n) is 1.46. The molecule has 0 radical (unpaired) electrons. The summed E-state index contributed by atoms with van der Waals surface area (Å²) in [5.41, 5.74) is 11.5. The summed E-state index contributed by atoms with van der Waals surface area (Å²) in [7, 11) is 0. The number of nitrogens with two attached hydrogens (primary N) is 2. The van der Waals surface area contributed by atoms with Gasteiger partial charge in [0.05, 0.1) is 10.2 Å². The van der Waals surface area contributed by atoms with Crippen LogP contribution < -0.4 is 16.2 Å². The van der Waals surface area contributed by atoms with Gasteiger partial charge in [0.2, 0.25) is 5.91 Å². The first kappa shape index (κ1) is 13.4. The normalized spacial score (nSPS) is 10.2. The van der Waals surface area contributed by atoms with Crippen LogP contribution in [0.15, 0.2) is 40.9 Å². The number of nitrogen functional groups attached to an aromatic ring is 1. The average molecular weight is 325 g/mol. The summed E-state index contributed by atoms with van der Waals surface area (Å²) in [5, 5.41) is 0. The molecule has 2 rings (SSSR count). The van der Waals surface area contributed by atoms with Crippen LogP contribution in [0.2, 0.25) is 0 Å². The number of hydrogen-bond acceptors (Lipinski definition) is 3. The van der Waals surface area contributed by atoms with Gasteiger partial charge in [0.15, 0.2) is 0 Å². The molecule has 0 spiro atoms. The van der Waals surface area contributed by atoms with Gasteiger partial charge < -0.3 is 16.2 Å². The summed E-state index contributed by atoms with van der Waals surface area (Å²) in [6, 6.07) is 8.70. The van der Waals surface area contributed by atoms with Crippen LogP contribution >= 0.6 is 15.9 Å². The zero-order valence-electron chi connectivity index (χ0n) is 9.69. The molecule has 98 valence electrons. The molecule has 0 aliphatic carbocycles. The third kappa shape index (κ3) is 3.03. The summed E-state index contributed by atoms with van der Waals surface area (Å²) in [6.07, 6.45) is 0. The Kier molecular flexibility index (Phi) is 3.71. The van der Waals surface area contributed by atoms with Crippen LogP contribution in [0.5, 0.6) is 11.5 Å². The zero-order chi connectivity index (χ0) is 14.0. The number of carbonyl (C=O) groups is 1. The van der Waals surface area contributed by atoms with Crippen molar-refractivity contribution in [2.45, 2.75) is 0 Å². The van der Waals surface area contributed by atoms with E-state index in [4.69, 9.17) is 16.2 Å². The molecule has 4 nitrogen and oxygen atoms in total. The van der Waals surface area contributed by atoms with Crippen LogP contribution in [0.1, 0.15) is 10.4 Å². The van der Waals surface area contributed by atoms with Gasteiger partial charge in [-0.3, -0.25) is 4.79 Å². The topological polar surface area (TPSA) is 78.3 Å². The number of hydrogen-bond donors (Lipinski definition) is 2. The quantitative estimate of drug-likeness (QED) is 0.851. The molecule has 0 atom stereocenters. The second-order valence-corrected chi connectivity index (χ2v) is 4.65. The molecule has 4 N–H and O–H groups in total. The zero-order valence-corrected chi connectivity index (χ0v) is 11.3. The second-order valence-electron chi connectivity index (χ2n) is 3.79. The Hall–Kier alpha value is -2.08. The van der Waals surface area contributed by atoms with Crippen LogP contribution in [0.25, 0.3) is 0 Å². The highest BCUT2D eigenvalue weighted by atomic mass is 79.9. The van der Waals surface area contributed by atoms with E-state index in [1.807, 2.05) is 0 Å². The summed E-state index contributed by atoms with van der Waals surface area (Å²) >= 11 is 3.06. The minimum Gasteiger partial charge on any atom is -0.455 e. The molecule has 0 heterocycles.